The monoisotopic (exact) mass is 182 g/mol. The molecule has 0 amide bonds. The molecule has 1 N–H and O–H groups in total. The van der Waals surface area contributed by atoms with Crippen LogP contribution in [0.4, 0.5) is 4.39 Å². The molecule has 1 rings (SSSR count). The highest BCUT2D eigenvalue weighted by atomic mass is 19.1. The third-order valence-electron chi connectivity index (χ3n) is 1.88. The van der Waals surface area contributed by atoms with Crippen molar-refractivity contribution in [1.29, 1.82) is 0 Å². The van der Waals surface area contributed by atoms with Gasteiger partial charge in [0.25, 0.3) is 0 Å². The molecule has 0 fully saturated rings. The first-order valence-corrected chi connectivity index (χ1v) is 4.04. The summed E-state index contributed by atoms with van der Waals surface area (Å²) in [6, 6.07) is 8.41. The third kappa shape index (κ3) is 2.28. The van der Waals surface area contributed by atoms with Gasteiger partial charge in [-0.3, -0.25) is 4.79 Å². The van der Waals surface area contributed by atoms with Crippen LogP contribution in [0.3, 0.4) is 0 Å². The van der Waals surface area contributed by atoms with Crippen LogP contribution in [0.25, 0.3) is 0 Å². The van der Waals surface area contributed by atoms with Crippen LogP contribution >= 0.6 is 0 Å². The molecule has 0 aliphatic carbocycles. The average molecular weight is 182 g/mol. The Labute approximate surface area is 76.0 Å². The third-order valence-corrected chi connectivity index (χ3v) is 1.88. The van der Waals surface area contributed by atoms with Crippen molar-refractivity contribution in [3.63, 3.8) is 0 Å². The molecule has 13 heavy (non-hydrogen) atoms. The van der Waals surface area contributed by atoms with Crippen LogP contribution in [-0.4, -0.2) is 17.2 Å². The Balaban J connectivity index is 2.96. The second-order valence-corrected chi connectivity index (χ2v) is 2.90. The molecule has 0 aliphatic heterocycles. The van der Waals surface area contributed by atoms with Crippen LogP contribution in [0.2, 0.25) is 0 Å². The standard InChI is InChI=1S/C10H11FO2/c1-7(11)9(10(12)13)8-5-3-2-4-6-8/h2-7,9H,1H3,(H,12,13). The van der Waals surface area contributed by atoms with Crippen LogP contribution in [0.5, 0.6) is 0 Å². The predicted molar refractivity (Wildman–Crippen MR) is 47.4 cm³/mol. The van der Waals surface area contributed by atoms with Crippen molar-refractivity contribution < 1.29 is 14.3 Å². The second kappa shape index (κ2) is 4.03. The molecule has 2 atom stereocenters. The predicted octanol–water partition coefficient (Wildman–Crippen LogP) is 2.21. The number of halogens is 1. The lowest BCUT2D eigenvalue weighted by Crippen LogP contribution is -2.20. The summed E-state index contributed by atoms with van der Waals surface area (Å²) in [7, 11) is 0. The summed E-state index contributed by atoms with van der Waals surface area (Å²) in [6.07, 6.45) is -1.38. The van der Waals surface area contributed by atoms with E-state index in [0.717, 1.165) is 0 Å². The maximum Gasteiger partial charge on any atom is 0.313 e. The van der Waals surface area contributed by atoms with E-state index in [0.29, 0.717) is 5.56 Å². The second-order valence-electron chi connectivity index (χ2n) is 2.90. The van der Waals surface area contributed by atoms with Crippen molar-refractivity contribution in [2.24, 2.45) is 0 Å². The van der Waals surface area contributed by atoms with E-state index in [-0.39, 0.29) is 0 Å². The van der Waals surface area contributed by atoms with Crippen LogP contribution in [-0.2, 0) is 4.79 Å². The van der Waals surface area contributed by atoms with E-state index in [1.165, 1.54) is 6.92 Å². The number of aliphatic carboxylic acids is 1. The molecule has 2 unspecified atom stereocenters. The number of hydrogen-bond donors (Lipinski definition) is 1. The lowest BCUT2D eigenvalue weighted by atomic mass is 9.95. The van der Waals surface area contributed by atoms with Gasteiger partial charge in [0.2, 0.25) is 0 Å². The van der Waals surface area contributed by atoms with Gasteiger partial charge in [0.1, 0.15) is 12.1 Å². The van der Waals surface area contributed by atoms with Crippen molar-refractivity contribution >= 4 is 5.97 Å². The summed E-state index contributed by atoms with van der Waals surface area (Å²) in [6.45, 7) is 1.26. The molecule has 0 bridgehead atoms. The van der Waals surface area contributed by atoms with Crippen molar-refractivity contribution in [1.82, 2.24) is 0 Å². The maximum atomic E-state index is 12.9. The number of carboxylic acid groups (broad SMARTS) is 1. The zero-order chi connectivity index (χ0) is 9.84. The van der Waals surface area contributed by atoms with Gasteiger partial charge in [0.15, 0.2) is 0 Å². The fraction of sp³-hybridized carbons (Fsp3) is 0.300. The fourth-order valence-electron chi connectivity index (χ4n) is 1.26. The molecule has 3 heteroatoms. The molecule has 0 aromatic heterocycles. The van der Waals surface area contributed by atoms with Crippen LogP contribution in [0, 0.1) is 0 Å². The Morgan fingerprint density at radius 3 is 2.31 bits per heavy atom. The number of rotatable bonds is 3. The van der Waals surface area contributed by atoms with E-state index in [1.54, 1.807) is 30.3 Å². The Bertz CT molecular complexity index is 282. The molecule has 0 saturated carbocycles. The molecule has 1 aromatic carbocycles. The van der Waals surface area contributed by atoms with E-state index >= 15 is 0 Å². The molecule has 0 spiro atoms. The van der Waals surface area contributed by atoms with E-state index < -0.39 is 18.1 Å². The van der Waals surface area contributed by atoms with Gasteiger partial charge in [-0.05, 0) is 12.5 Å². The molecule has 0 radical (unpaired) electrons. The molecule has 70 valence electrons. The Kier molecular flexibility index (Phi) is 3.01. The molecule has 0 aliphatic rings. The average Bonchev–Trinajstić information content (AvgIpc) is 2.04. The first-order valence-electron chi connectivity index (χ1n) is 4.04. The lowest BCUT2D eigenvalue weighted by Gasteiger charge is -2.13. The highest BCUT2D eigenvalue weighted by Crippen LogP contribution is 2.21. The highest BCUT2D eigenvalue weighted by molar-refractivity contribution is 5.76. The minimum atomic E-state index is -1.38. The molecule has 2 nitrogen and oxygen atoms in total. The van der Waals surface area contributed by atoms with Gasteiger partial charge in [-0.25, -0.2) is 4.39 Å². The highest BCUT2D eigenvalue weighted by Gasteiger charge is 2.25. The minimum Gasteiger partial charge on any atom is -0.481 e. The summed E-state index contributed by atoms with van der Waals surface area (Å²) in [5, 5.41) is 8.76. The smallest absolute Gasteiger partial charge is 0.313 e. The number of benzene rings is 1. The van der Waals surface area contributed by atoms with E-state index in [1.807, 2.05) is 0 Å². The van der Waals surface area contributed by atoms with Gasteiger partial charge < -0.3 is 5.11 Å². The Hall–Kier alpha value is -1.38. The largest absolute Gasteiger partial charge is 0.481 e. The number of carbonyl (C=O) groups is 1. The summed E-state index contributed by atoms with van der Waals surface area (Å²) >= 11 is 0. The van der Waals surface area contributed by atoms with Crippen molar-refractivity contribution in [2.75, 3.05) is 0 Å². The van der Waals surface area contributed by atoms with E-state index in [2.05, 4.69) is 0 Å². The van der Waals surface area contributed by atoms with Gasteiger partial charge >= 0.3 is 5.97 Å². The summed E-state index contributed by atoms with van der Waals surface area (Å²) in [5.41, 5.74) is 0.505. The summed E-state index contributed by atoms with van der Waals surface area (Å²) in [4.78, 5) is 10.7. The van der Waals surface area contributed by atoms with Crippen LogP contribution in [0.15, 0.2) is 30.3 Å². The van der Waals surface area contributed by atoms with Crippen molar-refractivity contribution in [3.8, 4) is 0 Å². The minimum absolute atomic E-state index is 0.505. The summed E-state index contributed by atoms with van der Waals surface area (Å²) < 4.78 is 12.9. The number of alkyl halides is 1. The zero-order valence-corrected chi connectivity index (χ0v) is 7.27. The van der Waals surface area contributed by atoms with Gasteiger partial charge in [-0.2, -0.15) is 0 Å². The number of hydrogen-bond acceptors (Lipinski definition) is 1. The lowest BCUT2D eigenvalue weighted by molar-refractivity contribution is -0.140. The molecule has 1 aromatic rings. The normalized spacial score (nSPS) is 14.9. The first kappa shape index (κ1) is 9.71. The quantitative estimate of drug-likeness (QED) is 0.778. The molecule has 0 heterocycles. The topological polar surface area (TPSA) is 37.3 Å². The van der Waals surface area contributed by atoms with Crippen molar-refractivity contribution in [2.45, 2.75) is 19.0 Å². The van der Waals surface area contributed by atoms with Gasteiger partial charge in [-0.1, -0.05) is 30.3 Å². The Morgan fingerprint density at radius 1 is 1.38 bits per heavy atom. The fourth-order valence-corrected chi connectivity index (χ4v) is 1.26. The number of carboxylic acids is 1. The van der Waals surface area contributed by atoms with Gasteiger partial charge in [-0.15, -0.1) is 0 Å². The molecular weight excluding hydrogens is 171 g/mol. The molecule has 0 saturated heterocycles. The van der Waals surface area contributed by atoms with E-state index in [4.69, 9.17) is 5.11 Å². The van der Waals surface area contributed by atoms with Crippen molar-refractivity contribution in [3.05, 3.63) is 35.9 Å². The zero-order valence-electron chi connectivity index (χ0n) is 7.27. The first-order chi connectivity index (χ1) is 6.13. The Morgan fingerprint density at radius 2 is 1.92 bits per heavy atom. The van der Waals surface area contributed by atoms with Gasteiger partial charge in [0, 0.05) is 0 Å². The van der Waals surface area contributed by atoms with Gasteiger partial charge in [0.05, 0.1) is 0 Å². The van der Waals surface area contributed by atoms with Crippen LogP contribution in [0.1, 0.15) is 18.4 Å². The summed E-state index contributed by atoms with van der Waals surface area (Å²) in [5.74, 6) is -2.18. The molecular formula is C10H11FO2. The maximum absolute atomic E-state index is 12.9. The SMILES string of the molecule is CC(F)C(C(=O)O)c1ccccc1. The van der Waals surface area contributed by atoms with Crippen LogP contribution < -0.4 is 0 Å². The van der Waals surface area contributed by atoms with E-state index in [9.17, 15) is 9.18 Å².